The van der Waals surface area contributed by atoms with Crippen LogP contribution in [0.15, 0.2) is 46.9 Å². The van der Waals surface area contributed by atoms with E-state index < -0.39 is 52.2 Å². The van der Waals surface area contributed by atoms with Crippen LogP contribution in [0.25, 0.3) is 0 Å². The molecule has 0 aliphatic carbocycles. The predicted molar refractivity (Wildman–Crippen MR) is 85.0 cm³/mol. The van der Waals surface area contributed by atoms with Gasteiger partial charge in [-0.1, -0.05) is 30.3 Å². The Hall–Kier alpha value is -3.41. The molecule has 1 aliphatic heterocycles. The summed E-state index contributed by atoms with van der Waals surface area (Å²) in [6.07, 6.45) is -5.43. The average Bonchev–Trinajstić information content (AvgIpc) is 3.11. The van der Waals surface area contributed by atoms with Gasteiger partial charge < -0.3 is 20.2 Å². The number of furan rings is 1. The Morgan fingerprint density at radius 2 is 1.86 bits per heavy atom. The number of hydrogen-bond acceptors (Lipinski definition) is 6. The molecule has 0 bridgehead atoms. The predicted octanol–water partition coefficient (Wildman–Crippen LogP) is 2.29. The first kappa shape index (κ1) is 19.4. The average molecular weight is 399 g/mol. The summed E-state index contributed by atoms with van der Waals surface area (Å²) in [5.41, 5.74) is -4.10. The van der Waals surface area contributed by atoms with Crippen LogP contribution in [-0.2, 0) is 0 Å². The van der Waals surface area contributed by atoms with Gasteiger partial charge in [-0.2, -0.15) is 13.2 Å². The fraction of sp³-hybridized carbons (Fsp3) is 0.250. The third kappa shape index (κ3) is 3.17. The molecule has 148 valence electrons. The molecule has 1 fully saturated rings. The van der Waals surface area contributed by atoms with E-state index >= 15 is 0 Å². The zero-order valence-corrected chi connectivity index (χ0v) is 13.8. The molecule has 3 rings (SSSR count). The molecular formula is C16H12F3N3O6. The number of rotatable bonds is 4. The summed E-state index contributed by atoms with van der Waals surface area (Å²) in [4.78, 5) is 34.5. The van der Waals surface area contributed by atoms with E-state index in [-0.39, 0.29) is 5.56 Å². The minimum absolute atomic E-state index is 0.167. The molecule has 2 amide bonds. The number of alkyl halides is 3. The molecule has 0 unspecified atom stereocenters. The van der Waals surface area contributed by atoms with E-state index in [1.807, 2.05) is 0 Å². The van der Waals surface area contributed by atoms with Crippen LogP contribution in [0.4, 0.5) is 23.8 Å². The molecule has 1 aromatic heterocycles. The molecule has 12 heteroatoms. The van der Waals surface area contributed by atoms with Gasteiger partial charge in [0.15, 0.2) is 5.78 Å². The largest absolute Gasteiger partial charge is 0.437 e. The number of benzene rings is 1. The fourth-order valence-corrected chi connectivity index (χ4v) is 2.97. The van der Waals surface area contributed by atoms with E-state index in [0.717, 1.165) is 12.1 Å². The highest BCUT2D eigenvalue weighted by Crippen LogP contribution is 2.44. The van der Waals surface area contributed by atoms with Crippen molar-refractivity contribution in [1.29, 1.82) is 0 Å². The van der Waals surface area contributed by atoms with Gasteiger partial charge in [0.2, 0.25) is 5.72 Å². The van der Waals surface area contributed by atoms with Crippen molar-refractivity contribution >= 4 is 17.7 Å². The number of urea groups is 1. The summed E-state index contributed by atoms with van der Waals surface area (Å²) < 4.78 is 45.9. The van der Waals surface area contributed by atoms with Gasteiger partial charge >= 0.3 is 18.1 Å². The van der Waals surface area contributed by atoms with Gasteiger partial charge in [0.1, 0.15) is 22.6 Å². The Balaban J connectivity index is 2.15. The molecule has 28 heavy (non-hydrogen) atoms. The van der Waals surface area contributed by atoms with Gasteiger partial charge in [0, 0.05) is 5.56 Å². The summed E-state index contributed by atoms with van der Waals surface area (Å²) >= 11 is 0. The number of nitrogens with zero attached hydrogens (tertiary/aromatic N) is 1. The Bertz CT molecular complexity index is 929. The van der Waals surface area contributed by atoms with Crippen LogP contribution < -0.4 is 10.6 Å². The van der Waals surface area contributed by atoms with E-state index in [2.05, 4.69) is 5.32 Å². The van der Waals surface area contributed by atoms with Crippen LogP contribution in [0.2, 0.25) is 0 Å². The molecule has 3 N–H and O–H groups in total. The number of ketones is 1. The minimum Gasteiger partial charge on any atom is -0.404 e. The van der Waals surface area contributed by atoms with Crippen molar-refractivity contribution in [3.05, 3.63) is 63.9 Å². The van der Waals surface area contributed by atoms with Crippen LogP contribution in [0, 0.1) is 16.0 Å². The molecule has 0 saturated carbocycles. The van der Waals surface area contributed by atoms with Gasteiger partial charge in [-0.25, -0.2) is 4.79 Å². The van der Waals surface area contributed by atoms with Gasteiger partial charge in [0.05, 0.1) is 6.07 Å². The normalized spacial score (nSPS) is 24.9. The zero-order chi connectivity index (χ0) is 20.7. The topological polar surface area (TPSA) is 135 Å². The second kappa shape index (κ2) is 6.64. The first-order valence-electron chi connectivity index (χ1n) is 7.76. The lowest BCUT2D eigenvalue weighted by atomic mass is 9.79. The Morgan fingerprint density at radius 1 is 1.21 bits per heavy atom. The molecule has 2 aromatic rings. The highest BCUT2D eigenvalue weighted by molar-refractivity contribution is 6.00. The maximum atomic E-state index is 13.7. The van der Waals surface area contributed by atoms with E-state index in [1.54, 1.807) is 0 Å². The van der Waals surface area contributed by atoms with Crippen molar-refractivity contribution in [1.82, 2.24) is 10.6 Å². The van der Waals surface area contributed by atoms with E-state index in [1.165, 1.54) is 35.6 Å². The lowest BCUT2D eigenvalue weighted by Crippen LogP contribution is -2.72. The maximum Gasteiger partial charge on any atom is 0.437 e. The summed E-state index contributed by atoms with van der Waals surface area (Å²) in [5, 5.41) is 24.5. The monoisotopic (exact) mass is 399 g/mol. The molecule has 1 aromatic carbocycles. The van der Waals surface area contributed by atoms with Crippen molar-refractivity contribution in [3.63, 3.8) is 0 Å². The molecule has 1 saturated heterocycles. The number of Topliss-reactive ketones (excluding diaryl/α,β-unsaturated/α-hetero) is 1. The Labute approximate surface area is 154 Å². The second-order valence-corrected chi connectivity index (χ2v) is 5.98. The van der Waals surface area contributed by atoms with Gasteiger partial charge in [0.25, 0.3) is 0 Å². The number of carbonyl (C=O) groups excluding carboxylic acids is 2. The van der Waals surface area contributed by atoms with Crippen LogP contribution in [0.3, 0.4) is 0 Å². The van der Waals surface area contributed by atoms with Gasteiger partial charge in [-0.3, -0.25) is 14.9 Å². The van der Waals surface area contributed by atoms with E-state index in [9.17, 15) is 38.0 Å². The lowest BCUT2D eigenvalue weighted by Gasteiger charge is -2.44. The highest BCUT2D eigenvalue weighted by atomic mass is 19.4. The van der Waals surface area contributed by atoms with Gasteiger partial charge in [-0.15, -0.1) is 0 Å². The Morgan fingerprint density at radius 3 is 2.39 bits per heavy atom. The van der Waals surface area contributed by atoms with Crippen molar-refractivity contribution < 1.29 is 37.2 Å². The third-order valence-electron chi connectivity index (χ3n) is 4.25. The van der Waals surface area contributed by atoms with E-state index in [4.69, 9.17) is 4.42 Å². The quantitative estimate of drug-likeness (QED) is 0.410. The van der Waals surface area contributed by atoms with Crippen molar-refractivity contribution in [2.45, 2.75) is 17.9 Å². The SMILES string of the molecule is O=C1N[C@@H](c2ccc([N+](=O)[O-])o2)[C@H](C(=O)c2ccccc2)[C@@](O)(C(F)(F)F)N1. The standard InChI is InChI=1S/C16H12F3N3O6/c17-16(18,19)15(25)11(13(23)8-4-2-1-3-5-8)12(20-14(24)21-15)9-6-7-10(28-9)22(26)27/h1-7,11-12,25H,(H2,20,21,24)/t11-,12+,15-/m1/s1. The summed E-state index contributed by atoms with van der Waals surface area (Å²) in [6, 6.07) is 5.37. The van der Waals surface area contributed by atoms with Crippen LogP contribution >= 0.6 is 0 Å². The summed E-state index contributed by atoms with van der Waals surface area (Å²) in [6.45, 7) is 0. The maximum absolute atomic E-state index is 13.7. The van der Waals surface area contributed by atoms with Gasteiger partial charge in [-0.05, 0) is 6.07 Å². The first-order valence-corrected chi connectivity index (χ1v) is 7.76. The zero-order valence-electron chi connectivity index (χ0n) is 13.8. The van der Waals surface area contributed by atoms with Crippen molar-refractivity contribution in [3.8, 4) is 0 Å². The van der Waals surface area contributed by atoms with Crippen molar-refractivity contribution in [2.24, 2.45) is 5.92 Å². The highest BCUT2D eigenvalue weighted by Gasteiger charge is 2.67. The molecule has 3 atom stereocenters. The number of nitrogens with one attached hydrogen (secondary N) is 2. The Kier molecular flexibility index (Phi) is 4.59. The first-order chi connectivity index (χ1) is 13.0. The van der Waals surface area contributed by atoms with Crippen molar-refractivity contribution in [2.75, 3.05) is 0 Å². The third-order valence-corrected chi connectivity index (χ3v) is 4.25. The number of nitro groups is 1. The minimum atomic E-state index is -5.43. The summed E-state index contributed by atoms with van der Waals surface area (Å²) in [7, 11) is 0. The molecule has 0 spiro atoms. The number of aliphatic hydroxyl groups is 1. The smallest absolute Gasteiger partial charge is 0.404 e. The molecular weight excluding hydrogens is 387 g/mol. The molecule has 2 heterocycles. The molecule has 9 nitrogen and oxygen atoms in total. The fourth-order valence-electron chi connectivity index (χ4n) is 2.97. The van der Waals surface area contributed by atoms with E-state index in [0.29, 0.717) is 0 Å². The van der Waals surface area contributed by atoms with Crippen LogP contribution in [0.5, 0.6) is 0 Å². The van der Waals surface area contributed by atoms with Crippen LogP contribution in [-0.4, -0.2) is 33.7 Å². The molecule has 0 radical (unpaired) electrons. The number of halogens is 3. The lowest BCUT2D eigenvalue weighted by molar-refractivity contribution is -0.402. The number of hydrogen-bond donors (Lipinski definition) is 3. The number of carbonyl (C=O) groups is 2. The number of amides is 2. The van der Waals surface area contributed by atoms with Crippen LogP contribution in [0.1, 0.15) is 22.2 Å². The molecule has 1 aliphatic rings. The second-order valence-electron chi connectivity index (χ2n) is 5.98. The summed E-state index contributed by atoms with van der Waals surface area (Å²) in [5.74, 6) is -4.77.